The maximum atomic E-state index is 8.41. The fourth-order valence-electron chi connectivity index (χ4n) is 0. The largest absolute Gasteiger partial charge is 1.00 e. The molecule has 0 aromatic rings. The molecule has 0 spiro atoms. The van der Waals surface area contributed by atoms with Crippen molar-refractivity contribution in [1.29, 1.82) is 0 Å². The van der Waals surface area contributed by atoms with Crippen molar-refractivity contribution < 1.29 is 54.3 Å². The maximum Gasteiger partial charge on any atom is 1.00 e. The van der Waals surface area contributed by atoms with Crippen LogP contribution in [0.5, 0.6) is 0 Å². The van der Waals surface area contributed by atoms with Crippen molar-refractivity contribution in [3.05, 3.63) is 0 Å². The van der Waals surface area contributed by atoms with E-state index in [-0.39, 0.29) is 29.6 Å². The van der Waals surface area contributed by atoms with E-state index >= 15 is 0 Å². The Morgan fingerprint density at radius 2 is 1.00 bits per heavy atom. The summed E-state index contributed by atoms with van der Waals surface area (Å²) in [5.74, 6) is 0. The summed E-state index contributed by atoms with van der Waals surface area (Å²) in [6.07, 6.45) is 0. The average Bonchev–Trinajstić information content (AvgIpc) is 1.25. The number of halogens is 4. The van der Waals surface area contributed by atoms with Crippen LogP contribution in [0.15, 0.2) is 0 Å². The third-order valence-corrected chi connectivity index (χ3v) is 0. The zero-order valence-corrected chi connectivity index (χ0v) is 9.34. The molecule has 0 rings (SSSR count). The van der Waals surface area contributed by atoms with Gasteiger partial charge in [0.1, 0.15) is 0 Å². The summed E-state index contributed by atoms with van der Waals surface area (Å²) < 4.78 is 24.5. The van der Waals surface area contributed by atoms with Crippen molar-refractivity contribution in [3.8, 4) is 0 Å². The molecule has 0 unspecified atom stereocenters. The molecule has 0 heterocycles. The van der Waals surface area contributed by atoms with Crippen molar-refractivity contribution in [2.75, 3.05) is 0 Å². The van der Waals surface area contributed by atoms with Gasteiger partial charge in [-0.3, -0.25) is 0 Å². The molecule has 0 saturated carbocycles. The van der Waals surface area contributed by atoms with Crippen LogP contribution in [0.25, 0.3) is 0 Å². The first-order valence-corrected chi connectivity index (χ1v) is 3.35. The standard InChI is InChI=1S/CHCl3.ClO3.Na/c2*2-1(3)4;/h1H;;/q;-1;+1. The molecular weight excluding hydrogens is 225 g/mol. The van der Waals surface area contributed by atoms with Gasteiger partial charge in [0.05, 0.1) is 10.8 Å². The van der Waals surface area contributed by atoms with E-state index in [0.717, 1.165) is 0 Å². The Morgan fingerprint density at radius 3 is 1.00 bits per heavy atom. The summed E-state index contributed by atoms with van der Waals surface area (Å²) in [4.78, 5) is 0. The summed E-state index contributed by atoms with van der Waals surface area (Å²) in [7, 11) is -2.85. The van der Waals surface area contributed by atoms with Crippen LogP contribution in [-0.4, -0.2) is 4.30 Å². The predicted molar refractivity (Wildman–Crippen MR) is 21.3 cm³/mol. The molecule has 3 nitrogen and oxygen atoms in total. The van der Waals surface area contributed by atoms with Gasteiger partial charge in [-0.25, -0.2) is 0 Å². The predicted octanol–water partition coefficient (Wildman–Crippen LogP) is -4.58. The number of hydrogen-bond donors (Lipinski definition) is 0. The van der Waals surface area contributed by atoms with Crippen molar-refractivity contribution in [3.63, 3.8) is 0 Å². The van der Waals surface area contributed by atoms with E-state index in [4.69, 9.17) is 48.8 Å². The van der Waals surface area contributed by atoms with E-state index in [1.165, 1.54) is 0 Å². The van der Waals surface area contributed by atoms with Crippen molar-refractivity contribution in [2.24, 2.45) is 0 Å². The first kappa shape index (κ1) is 17.2. The van der Waals surface area contributed by atoms with Gasteiger partial charge in [-0.1, -0.05) is 34.8 Å². The zero-order chi connectivity index (χ0) is 7.15. The van der Waals surface area contributed by atoms with Gasteiger partial charge in [0.25, 0.3) is 0 Å². The summed E-state index contributed by atoms with van der Waals surface area (Å²) in [5, 5.41) is 0. The molecule has 52 valence electrons. The van der Waals surface area contributed by atoms with Crippen molar-refractivity contribution >= 4 is 34.8 Å². The molecule has 0 amide bonds. The third-order valence-electron chi connectivity index (χ3n) is 0. The van der Waals surface area contributed by atoms with E-state index in [1.54, 1.807) is 0 Å². The first-order chi connectivity index (χ1) is 3.46. The second kappa shape index (κ2) is 12.7. The minimum Gasteiger partial charge on any atom is -0.357 e. The molecule has 0 aromatic carbocycles. The molecule has 8 heteroatoms. The summed E-state index contributed by atoms with van der Waals surface area (Å²) in [6.45, 7) is 0. The fourth-order valence-corrected chi connectivity index (χ4v) is 0. The van der Waals surface area contributed by atoms with Gasteiger partial charge in [-0.2, -0.15) is 0 Å². The SMILES string of the molecule is ClC(Cl)Cl.[Na+].[O-][Cl+2]([O-])[O-]. The molecular formula is CHCl4NaO3. The minimum atomic E-state index is -2.85. The van der Waals surface area contributed by atoms with Crippen molar-refractivity contribution in [1.82, 2.24) is 0 Å². The molecule has 0 fully saturated rings. The maximum absolute atomic E-state index is 8.41. The Labute approximate surface area is 92.6 Å². The normalized spacial score (nSPS) is 8.00. The van der Waals surface area contributed by atoms with Gasteiger partial charge in [-0.15, -0.1) is 0 Å². The number of rotatable bonds is 0. The van der Waals surface area contributed by atoms with E-state index in [9.17, 15) is 0 Å². The van der Waals surface area contributed by atoms with Crippen LogP contribution in [0.4, 0.5) is 0 Å². The molecule has 0 saturated heterocycles. The first-order valence-electron chi connectivity index (χ1n) is 1.12. The smallest absolute Gasteiger partial charge is 0.357 e. The van der Waals surface area contributed by atoms with Gasteiger partial charge in [-0.05, 0) is 0 Å². The monoisotopic (exact) mass is 224 g/mol. The molecule has 0 N–H and O–H groups in total. The fraction of sp³-hybridized carbons (Fsp3) is 1.00. The van der Waals surface area contributed by atoms with Crippen LogP contribution in [0.2, 0.25) is 0 Å². The molecule has 0 aliphatic heterocycles. The molecule has 0 aliphatic carbocycles. The molecule has 0 aromatic heterocycles. The quantitative estimate of drug-likeness (QED) is 0.308. The van der Waals surface area contributed by atoms with E-state index in [2.05, 4.69) is 0 Å². The van der Waals surface area contributed by atoms with Crippen LogP contribution >= 0.6 is 34.8 Å². The van der Waals surface area contributed by atoms with Crippen molar-refractivity contribution in [2.45, 2.75) is 4.30 Å². The Bertz CT molecular complexity index is 31.3. The summed E-state index contributed by atoms with van der Waals surface area (Å²) in [5.41, 5.74) is 0. The Hall–Kier alpha value is 2.04. The van der Waals surface area contributed by atoms with Gasteiger partial charge in [0.15, 0.2) is 4.30 Å². The average molecular weight is 226 g/mol. The van der Waals surface area contributed by atoms with Crippen LogP contribution < -0.4 is 43.5 Å². The van der Waals surface area contributed by atoms with E-state index < -0.39 is 15.1 Å². The van der Waals surface area contributed by atoms with E-state index in [0.29, 0.717) is 0 Å². The Balaban J connectivity index is -0.0000000720. The zero-order valence-electron chi connectivity index (χ0n) is 4.31. The van der Waals surface area contributed by atoms with Gasteiger partial charge < -0.3 is 14.0 Å². The van der Waals surface area contributed by atoms with Crippen LogP contribution in [0.3, 0.4) is 0 Å². The van der Waals surface area contributed by atoms with Gasteiger partial charge in [0, 0.05) is 0 Å². The van der Waals surface area contributed by atoms with E-state index in [1.807, 2.05) is 0 Å². The second-order valence-corrected chi connectivity index (χ2v) is 2.79. The summed E-state index contributed by atoms with van der Waals surface area (Å²) in [6, 6.07) is 0. The van der Waals surface area contributed by atoms with Gasteiger partial charge >= 0.3 is 29.6 Å². The van der Waals surface area contributed by atoms with Crippen LogP contribution in [0.1, 0.15) is 0 Å². The molecule has 0 radical (unpaired) electrons. The Morgan fingerprint density at radius 1 is 1.00 bits per heavy atom. The Kier molecular flexibility index (Phi) is 24.3. The topological polar surface area (TPSA) is 69.2 Å². The molecule has 0 aliphatic rings. The number of alkyl halides is 3. The third kappa shape index (κ3) is 156. The molecule has 9 heavy (non-hydrogen) atoms. The van der Waals surface area contributed by atoms with Gasteiger partial charge in [0.2, 0.25) is 0 Å². The second-order valence-electron chi connectivity index (χ2n) is 0.436. The molecule has 0 bridgehead atoms. The summed E-state index contributed by atoms with van der Waals surface area (Å²) >= 11 is 14.4. The van der Waals surface area contributed by atoms with Crippen LogP contribution in [0, 0.1) is 10.8 Å². The minimum absolute atomic E-state index is 0. The number of hydrogen-bond acceptors (Lipinski definition) is 3. The molecule has 0 atom stereocenters. The van der Waals surface area contributed by atoms with Crippen LogP contribution in [-0.2, 0) is 0 Å².